The second-order valence-electron chi connectivity index (χ2n) is 4.41. The standard InChI is InChI=1S/C12H12N4O4/c17-12(14-4-6-20-7-5-14)15-10-2-1-3-11(16(18)19)9(10)8-13-15/h1-3,8H,4-7H2. The zero-order chi connectivity index (χ0) is 14.1. The van der Waals surface area contributed by atoms with Crippen molar-refractivity contribution in [2.75, 3.05) is 26.3 Å². The van der Waals surface area contributed by atoms with E-state index in [0.717, 1.165) is 0 Å². The Morgan fingerprint density at radius 1 is 1.35 bits per heavy atom. The molecule has 2 heterocycles. The molecule has 3 rings (SSSR count). The van der Waals surface area contributed by atoms with Gasteiger partial charge < -0.3 is 9.64 Å². The Labute approximate surface area is 113 Å². The van der Waals surface area contributed by atoms with Crippen molar-refractivity contribution >= 4 is 22.6 Å². The van der Waals surface area contributed by atoms with Crippen LogP contribution in [0.15, 0.2) is 24.4 Å². The van der Waals surface area contributed by atoms with Crippen LogP contribution in [0.3, 0.4) is 0 Å². The van der Waals surface area contributed by atoms with E-state index in [2.05, 4.69) is 5.10 Å². The molecule has 1 aliphatic rings. The molecule has 0 N–H and O–H groups in total. The maximum Gasteiger partial charge on any atom is 0.345 e. The van der Waals surface area contributed by atoms with E-state index in [4.69, 9.17) is 4.74 Å². The van der Waals surface area contributed by atoms with Crippen LogP contribution in [0.25, 0.3) is 10.9 Å². The number of morpholine rings is 1. The Hall–Kier alpha value is -2.48. The first kappa shape index (κ1) is 12.5. The SMILES string of the molecule is O=C(N1CCOCC1)n1ncc2c([N+](=O)[O-])cccc21. The Morgan fingerprint density at radius 3 is 2.80 bits per heavy atom. The maximum absolute atomic E-state index is 12.4. The second kappa shape index (κ2) is 4.89. The molecule has 8 nitrogen and oxygen atoms in total. The highest BCUT2D eigenvalue weighted by Crippen LogP contribution is 2.25. The van der Waals surface area contributed by atoms with Crippen LogP contribution < -0.4 is 0 Å². The summed E-state index contributed by atoms with van der Waals surface area (Å²) in [5.41, 5.74) is 0.388. The van der Waals surface area contributed by atoms with E-state index in [-0.39, 0.29) is 11.7 Å². The predicted molar refractivity (Wildman–Crippen MR) is 69.6 cm³/mol. The molecule has 0 bridgehead atoms. The third kappa shape index (κ3) is 1.99. The van der Waals surface area contributed by atoms with Gasteiger partial charge in [0, 0.05) is 19.2 Å². The molecule has 20 heavy (non-hydrogen) atoms. The molecule has 2 aromatic rings. The Kier molecular flexibility index (Phi) is 3.07. The van der Waals surface area contributed by atoms with Gasteiger partial charge in [0.15, 0.2) is 0 Å². The van der Waals surface area contributed by atoms with E-state index >= 15 is 0 Å². The summed E-state index contributed by atoms with van der Waals surface area (Å²) < 4.78 is 6.39. The van der Waals surface area contributed by atoms with Gasteiger partial charge in [-0.3, -0.25) is 10.1 Å². The lowest BCUT2D eigenvalue weighted by Gasteiger charge is -2.26. The summed E-state index contributed by atoms with van der Waals surface area (Å²) in [6.45, 7) is 1.97. The smallest absolute Gasteiger partial charge is 0.345 e. The van der Waals surface area contributed by atoms with Crippen molar-refractivity contribution in [1.82, 2.24) is 14.7 Å². The van der Waals surface area contributed by atoms with E-state index < -0.39 is 4.92 Å². The van der Waals surface area contributed by atoms with Crippen molar-refractivity contribution in [1.29, 1.82) is 0 Å². The number of carbonyl (C=O) groups excluding carboxylic acids is 1. The number of hydrogen-bond acceptors (Lipinski definition) is 5. The number of aromatic nitrogens is 2. The molecule has 1 aliphatic heterocycles. The number of fused-ring (bicyclic) bond motifs is 1. The van der Waals surface area contributed by atoms with E-state index in [1.165, 1.54) is 16.9 Å². The zero-order valence-electron chi connectivity index (χ0n) is 10.6. The number of nitro groups is 1. The third-order valence-corrected chi connectivity index (χ3v) is 3.25. The minimum absolute atomic E-state index is 0.0523. The lowest BCUT2D eigenvalue weighted by molar-refractivity contribution is -0.383. The van der Waals surface area contributed by atoms with Crippen molar-refractivity contribution in [3.8, 4) is 0 Å². The van der Waals surface area contributed by atoms with Crippen molar-refractivity contribution in [2.24, 2.45) is 0 Å². The molecule has 0 radical (unpaired) electrons. The van der Waals surface area contributed by atoms with Crippen LogP contribution in [0, 0.1) is 10.1 Å². The third-order valence-electron chi connectivity index (χ3n) is 3.25. The average Bonchev–Trinajstić information content (AvgIpc) is 2.91. The minimum atomic E-state index is -0.479. The Balaban J connectivity index is 2.02. The van der Waals surface area contributed by atoms with E-state index in [0.29, 0.717) is 37.2 Å². The van der Waals surface area contributed by atoms with Gasteiger partial charge in [0.05, 0.1) is 35.2 Å². The number of hydrogen-bond donors (Lipinski definition) is 0. The van der Waals surface area contributed by atoms with Crippen LogP contribution in [-0.4, -0.2) is 51.9 Å². The summed E-state index contributed by atoms with van der Waals surface area (Å²) in [6, 6.07) is 4.30. The van der Waals surface area contributed by atoms with Gasteiger partial charge in [-0.05, 0) is 6.07 Å². The first-order chi connectivity index (χ1) is 9.68. The fraction of sp³-hybridized carbons (Fsp3) is 0.333. The number of benzene rings is 1. The van der Waals surface area contributed by atoms with E-state index in [1.807, 2.05) is 0 Å². The summed E-state index contributed by atoms with van der Waals surface area (Å²) in [4.78, 5) is 24.5. The molecule has 1 aromatic heterocycles. The first-order valence-electron chi connectivity index (χ1n) is 6.16. The molecule has 0 spiro atoms. The molecule has 8 heteroatoms. The van der Waals surface area contributed by atoms with Gasteiger partial charge in [-0.15, -0.1) is 0 Å². The molecule has 0 atom stereocenters. The molecular weight excluding hydrogens is 264 g/mol. The summed E-state index contributed by atoms with van der Waals surface area (Å²) in [5.74, 6) is 0. The number of non-ortho nitro benzene ring substituents is 1. The number of carbonyl (C=O) groups is 1. The molecule has 1 saturated heterocycles. The number of nitro benzene ring substituents is 1. The summed E-state index contributed by atoms with van der Waals surface area (Å²) in [6.07, 6.45) is 1.35. The van der Waals surface area contributed by atoms with E-state index in [1.54, 1.807) is 17.0 Å². The molecule has 1 fully saturated rings. The summed E-state index contributed by atoms with van der Waals surface area (Å²) in [5, 5.41) is 15.3. The molecule has 104 valence electrons. The maximum atomic E-state index is 12.4. The summed E-state index contributed by atoms with van der Waals surface area (Å²) in [7, 11) is 0. The quantitative estimate of drug-likeness (QED) is 0.577. The number of amides is 1. The van der Waals surface area contributed by atoms with Crippen LogP contribution in [0.5, 0.6) is 0 Å². The highest BCUT2D eigenvalue weighted by molar-refractivity contribution is 5.94. The highest BCUT2D eigenvalue weighted by Gasteiger charge is 2.23. The molecule has 1 amide bonds. The molecule has 0 saturated carbocycles. The molecule has 0 aliphatic carbocycles. The predicted octanol–water partition coefficient (Wildman–Crippen LogP) is 1.24. The number of rotatable bonds is 1. The topological polar surface area (TPSA) is 90.5 Å². The molecule has 0 unspecified atom stereocenters. The number of ether oxygens (including phenoxy) is 1. The summed E-state index contributed by atoms with van der Waals surface area (Å²) >= 11 is 0. The number of nitrogens with zero attached hydrogens (tertiary/aromatic N) is 4. The van der Waals surface area contributed by atoms with Gasteiger partial charge in [-0.1, -0.05) is 6.07 Å². The van der Waals surface area contributed by atoms with Crippen molar-refractivity contribution < 1.29 is 14.5 Å². The van der Waals surface area contributed by atoms with Gasteiger partial charge in [0.1, 0.15) is 0 Å². The van der Waals surface area contributed by atoms with Gasteiger partial charge in [0.2, 0.25) is 0 Å². The Bertz CT molecular complexity index is 675. The molecular formula is C12H12N4O4. The zero-order valence-corrected chi connectivity index (χ0v) is 10.6. The van der Waals surface area contributed by atoms with Crippen LogP contribution >= 0.6 is 0 Å². The fourth-order valence-electron chi connectivity index (χ4n) is 2.24. The average molecular weight is 276 g/mol. The molecule has 1 aromatic carbocycles. The van der Waals surface area contributed by atoms with Crippen molar-refractivity contribution in [3.05, 3.63) is 34.5 Å². The van der Waals surface area contributed by atoms with Crippen molar-refractivity contribution in [3.63, 3.8) is 0 Å². The minimum Gasteiger partial charge on any atom is -0.378 e. The van der Waals surface area contributed by atoms with Crippen LogP contribution in [0.4, 0.5) is 10.5 Å². The van der Waals surface area contributed by atoms with Gasteiger partial charge in [-0.25, -0.2) is 4.79 Å². The highest BCUT2D eigenvalue weighted by atomic mass is 16.6. The lowest BCUT2D eigenvalue weighted by Crippen LogP contribution is -2.43. The van der Waals surface area contributed by atoms with Crippen LogP contribution in [0.1, 0.15) is 0 Å². The van der Waals surface area contributed by atoms with Gasteiger partial charge in [0.25, 0.3) is 5.69 Å². The fourth-order valence-corrected chi connectivity index (χ4v) is 2.24. The monoisotopic (exact) mass is 276 g/mol. The largest absolute Gasteiger partial charge is 0.378 e. The van der Waals surface area contributed by atoms with E-state index in [9.17, 15) is 14.9 Å². The van der Waals surface area contributed by atoms with Gasteiger partial charge in [-0.2, -0.15) is 9.78 Å². The second-order valence-corrected chi connectivity index (χ2v) is 4.41. The lowest BCUT2D eigenvalue weighted by atomic mass is 10.2. The van der Waals surface area contributed by atoms with Gasteiger partial charge >= 0.3 is 6.03 Å². The van der Waals surface area contributed by atoms with Crippen molar-refractivity contribution in [2.45, 2.75) is 0 Å². The Morgan fingerprint density at radius 2 is 2.10 bits per heavy atom. The normalized spacial score (nSPS) is 15.5. The van der Waals surface area contributed by atoms with Crippen LogP contribution in [0.2, 0.25) is 0 Å². The first-order valence-corrected chi connectivity index (χ1v) is 6.16. The van der Waals surface area contributed by atoms with Crippen LogP contribution in [-0.2, 0) is 4.74 Å².